The summed E-state index contributed by atoms with van der Waals surface area (Å²) in [6.45, 7) is 3.40. The lowest BCUT2D eigenvalue weighted by Gasteiger charge is -2.22. The van der Waals surface area contributed by atoms with Gasteiger partial charge in [0.25, 0.3) is 0 Å². The molecular weight excluding hydrogens is 295 g/mol. The van der Waals surface area contributed by atoms with E-state index in [1.165, 1.54) is 13.2 Å². The summed E-state index contributed by atoms with van der Waals surface area (Å²) in [7, 11) is 1.26. The van der Waals surface area contributed by atoms with Gasteiger partial charge in [0.05, 0.1) is 23.1 Å². The number of benzene rings is 1. The Labute approximate surface area is 120 Å². The highest BCUT2D eigenvalue weighted by Gasteiger charge is 2.34. The first-order valence-corrected chi connectivity index (χ1v) is 6.15. The number of carbonyl (C=O) groups excluding carboxylic acids is 1. The molecule has 1 N–H and O–H groups in total. The fraction of sp³-hybridized carbons (Fsp3) is 0.462. The lowest BCUT2D eigenvalue weighted by Crippen LogP contribution is -2.33. The summed E-state index contributed by atoms with van der Waals surface area (Å²) in [6.07, 6.45) is -4.52. The molecule has 0 unspecified atom stereocenters. The van der Waals surface area contributed by atoms with E-state index in [-0.39, 0.29) is 17.3 Å². The van der Waals surface area contributed by atoms with Crippen LogP contribution in [0.25, 0.3) is 0 Å². The lowest BCUT2D eigenvalue weighted by atomic mass is 9.93. The van der Waals surface area contributed by atoms with E-state index >= 15 is 0 Å². The zero-order valence-electron chi connectivity index (χ0n) is 11.3. The minimum Gasteiger partial charge on any atom is -0.469 e. The molecule has 0 atom stereocenters. The number of carbonyl (C=O) groups is 1. The molecule has 3 nitrogen and oxygen atoms in total. The smallest absolute Gasteiger partial charge is 0.417 e. The maximum Gasteiger partial charge on any atom is 0.417 e. The Morgan fingerprint density at radius 3 is 2.45 bits per heavy atom. The summed E-state index contributed by atoms with van der Waals surface area (Å²) in [6, 6.07) is 3.50. The van der Waals surface area contributed by atoms with Gasteiger partial charge in [-0.05, 0) is 32.0 Å². The molecule has 0 spiro atoms. The van der Waals surface area contributed by atoms with Gasteiger partial charge in [0, 0.05) is 12.2 Å². The number of hydrogen-bond donors (Lipinski definition) is 1. The molecule has 0 saturated carbocycles. The van der Waals surface area contributed by atoms with Crippen molar-refractivity contribution in [3.8, 4) is 0 Å². The van der Waals surface area contributed by atoms with Crippen LogP contribution in [0, 0.1) is 5.41 Å². The molecule has 0 saturated heterocycles. The van der Waals surface area contributed by atoms with Crippen LogP contribution in [0.4, 0.5) is 18.9 Å². The van der Waals surface area contributed by atoms with E-state index in [0.29, 0.717) is 0 Å². The van der Waals surface area contributed by atoms with Gasteiger partial charge in [0.15, 0.2) is 0 Å². The Bertz CT molecular complexity index is 501. The predicted molar refractivity (Wildman–Crippen MR) is 70.7 cm³/mol. The number of halogens is 4. The first-order valence-electron chi connectivity index (χ1n) is 5.77. The molecule has 1 aromatic carbocycles. The third-order valence-electron chi connectivity index (χ3n) is 2.74. The van der Waals surface area contributed by atoms with E-state index in [4.69, 9.17) is 11.6 Å². The molecule has 0 amide bonds. The molecule has 0 heterocycles. The van der Waals surface area contributed by atoms with Gasteiger partial charge < -0.3 is 10.1 Å². The summed E-state index contributed by atoms with van der Waals surface area (Å²) >= 11 is 5.52. The van der Waals surface area contributed by atoms with E-state index in [2.05, 4.69) is 10.1 Å². The Hall–Kier alpha value is -1.43. The molecule has 0 bridgehead atoms. The van der Waals surface area contributed by atoms with Crippen molar-refractivity contribution < 1.29 is 22.7 Å². The highest BCUT2D eigenvalue weighted by Crippen LogP contribution is 2.36. The Morgan fingerprint density at radius 1 is 1.35 bits per heavy atom. The first kappa shape index (κ1) is 16.6. The Balaban J connectivity index is 2.88. The molecule has 112 valence electrons. The minimum absolute atomic E-state index is 0.138. The van der Waals surface area contributed by atoms with Crippen molar-refractivity contribution in [3.63, 3.8) is 0 Å². The van der Waals surface area contributed by atoms with Crippen molar-refractivity contribution in [2.75, 3.05) is 19.0 Å². The van der Waals surface area contributed by atoms with Crippen LogP contribution < -0.4 is 5.32 Å². The molecule has 20 heavy (non-hydrogen) atoms. The van der Waals surface area contributed by atoms with E-state index in [1.54, 1.807) is 13.8 Å². The van der Waals surface area contributed by atoms with E-state index in [0.717, 1.165) is 12.1 Å². The Morgan fingerprint density at radius 2 is 1.95 bits per heavy atom. The standard InChI is InChI=1S/C13H15ClF3NO2/c1-12(2,11(19)20-3)7-18-8-4-5-10(14)9(6-8)13(15,16)17/h4-6,18H,7H2,1-3H3. The molecule has 0 radical (unpaired) electrons. The van der Waals surface area contributed by atoms with Gasteiger partial charge in [0.1, 0.15) is 0 Å². The van der Waals surface area contributed by atoms with Crippen LogP contribution in [-0.4, -0.2) is 19.6 Å². The van der Waals surface area contributed by atoms with Crippen LogP contribution >= 0.6 is 11.6 Å². The number of rotatable bonds is 4. The number of hydrogen-bond acceptors (Lipinski definition) is 3. The fourth-order valence-corrected chi connectivity index (χ4v) is 1.75. The van der Waals surface area contributed by atoms with Gasteiger partial charge in [-0.15, -0.1) is 0 Å². The molecule has 0 aliphatic heterocycles. The molecule has 0 aromatic heterocycles. The largest absolute Gasteiger partial charge is 0.469 e. The summed E-state index contributed by atoms with van der Waals surface area (Å²) in [5, 5.41) is 2.41. The molecule has 0 aliphatic rings. The monoisotopic (exact) mass is 309 g/mol. The van der Waals surface area contributed by atoms with Crippen molar-refractivity contribution in [3.05, 3.63) is 28.8 Å². The fourth-order valence-electron chi connectivity index (χ4n) is 1.52. The Kier molecular flexibility index (Phi) is 4.91. The van der Waals surface area contributed by atoms with Crippen LogP contribution in [0.2, 0.25) is 5.02 Å². The molecule has 1 aromatic rings. The van der Waals surface area contributed by atoms with E-state index in [1.807, 2.05) is 0 Å². The number of esters is 1. The SMILES string of the molecule is COC(=O)C(C)(C)CNc1ccc(Cl)c(C(F)(F)F)c1. The number of alkyl halides is 3. The third kappa shape index (κ3) is 4.03. The van der Waals surface area contributed by atoms with Crippen LogP contribution in [0.15, 0.2) is 18.2 Å². The number of anilines is 1. The first-order chi connectivity index (χ1) is 9.08. The van der Waals surface area contributed by atoms with Crippen molar-refractivity contribution in [1.82, 2.24) is 0 Å². The van der Waals surface area contributed by atoms with Crippen LogP contribution in [0.5, 0.6) is 0 Å². The van der Waals surface area contributed by atoms with Gasteiger partial charge in [-0.1, -0.05) is 11.6 Å². The zero-order valence-corrected chi connectivity index (χ0v) is 12.0. The number of ether oxygens (including phenoxy) is 1. The summed E-state index contributed by atoms with van der Waals surface area (Å²) in [4.78, 5) is 11.5. The second-order valence-corrected chi connectivity index (χ2v) is 5.33. The van der Waals surface area contributed by atoms with Gasteiger partial charge in [-0.2, -0.15) is 13.2 Å². The second-order valence-electron chi connectivity index (χ2n) is 4.92. The van der Waals surface area contributed by atoms with Gasteiger partial charge in [0.2, 0.25) is 0 Å². The summed E-state index contributed by atoms with van der Waals surface area (Å²) < 4.78 is 42.7. The average molecular weight is 310 g/mol. The lowest BCUT2D eigenvalue weighted by molar-refractivity contribution is -0.149. The summed E-state index contributed by atoms with van der Waals surface area (Å²) in [5.41, 5.74) is -1.54. The van der Waals surface area contributed by atoms with E-state index in [9.17, 15) is 18.0 Å². The number of nitrogens with one attached hydrogen (secondary N) is 1. The van der Waals surface area contributed by atoms with Crippen LogP contribution in [0.1, 0.15) is 19.4 Å². The second kappa shape index (κ2) is 5.91. The quantitative estimate of drug-likeness (QED) is 0.855. The van der Waals surface area contributed by atoms with Crippen molar-refractivity contribution in [2.45, 2.75) is 20.0 Å². The van der Waals surface area contributed by atoms with E-state index < -0.39 is 23.1 Å². The predicted octanol–water partition coefficient (Wildman–Crippen LogP) is 3.97. The third-order valence-corrected chi connectivity index (χ3v) is 3.07. The maximum atomic E-state index is 12.7. The van der Waals surface area contributed by atoms with Gasteiger partial charge in [-0.25, -0.2) is 0 Å². The van der Waals surface area contributed by atoms with Gasteiger partial charge >= 0.3 is 12.1 Å². The van der Waals surface area contributed by atoms with Crippen molar-refractivity contribution >= 4 is 23.3 Å². The van der Waals surface area contributed by atoms with Crippen LogP contribution in [-0.2, 0) is 15.7 Å². The normalized spacial score (nSPS) is 12.2. The highest BCUT2D eigenvalue weighted by molar-refractivity contribution is 6.31. The molecular formula is C13H15ClF3NO2. The van der Waals surface area contributed by atoms with Gasteiger partial charge in [-0.3, -0.25) is 4.79 Å². The number of methoxy groups -OCH3 is 1. The highest BCUT2D eigenvalue weighted by atomic mass is 35.5. The van der Waals surface area contributed by atoms with Crippen LogP contribution in [0.3, 0.4) is 0 Å². The minimum atomic E-state index is -4.52. The molecule has 7 heteroatoms. The summed E-state index contributed by atoms with van der Waals surface area (Å²) in [5.74, 6) is -0.449. The maximum absolute atomic E-state index is 12.7. The molecule has 0 fully saturated rings. The van der Waals surface area contributed by atoms with Crippen molar-refractivity contribution in [1.29, 1.82) is 0 Å². The topological polar surface area (TPSA) is 38.3 Å². The molecule has 1 rings (SSSR count). The zero-order chi connectivity index (χ0) is 15.6. The van der Waals surface area contributed by atoms with Crippen molar-refractivity contribution in [2.24, 2.45) is 5.41 Å². The average Bonchev–Trinajstić information content (AvgIpc) is 2.35. The molecule has 0 aliphatic carbocycles.